The molecule has 0 aromatic heterocycles. The van der Waals surface area contributed by atoms with Crippen molar-refractivity contribution in [1.29, 1.82) is 0 Å². The van der Waals surface area contributed by atoms with Gasteiger partial charge in [-0.15, -0.1) is 11.8 Å². The molecule has 0 saturated carbocycles. The van der Waals surface area contributed by atoms with E-state index in [-0.39, 0.29) is 5.91 Å². The lowest BCUT2D eigenvalue weighted by atomic mass is 10.2. The SMILES string of the molecule is COc1cc(/C=N\NC(=O)CSc2ccccc2)cc(Br)c1OC. The normalized spacial score (nSPS) is 10.6. The number of carbonyl (C=O) groups excluding carboxylic acids is 1. The number of halogens is 1. The molecule has 24 heavy (non-hydrogen) atoms. The molecule has 1 N–H and O–H groups in total. The smallest absolute Gasteiger partial charge is 0.250 e. The third-order valence-corrected chi connectivity index (χ3v) is 4.57. The minimum Gasteiger partial charge on any atom is -0.493 e. The second kappa shape index (κ2) is 9.34. The van der Waals surface area contributed by atoms with E-state index in [4.69, 9.17) is 9.47 Å². The molecule has 0 fully saturated rings. The Morgan fingerprint density at radius 2 is 2.00 bits per heavy atom. The minimum atomic E-state index is -0.167. The summed E-state index contributed by atoms with van der Waals surface area (Å²) < 4.78 is 11.3. The third kappa shape index (κ3) is 5.28. The van der Waals surface area contributed by atoms with Crippen molar-refractivity contribution in [1.82, 2.24) is 5.43 Å². The molecule has 2 rings (SSSR count). The van der Waals surface area contributed by atoms with Crippen LogP contribution in [0.15, 0.2) is 56.9 Å². The lowest BCUT2D eigenvalue weighted by molar-refractivity contribution is -0.118. The van der Waals surface area contributed by atoms with Crippen molar-refractivity contribution in [3.63, 3.8) is 0 Å². The van der Waals surface area contributed by atoms with Crippen LogP contribution in [0.2, 0.25) is 0 Å². The Labute approximate surface area is 153 Å². The van der Waals surface area contributed by atoms with Gasteiger partial charge >= 0.3 is 0 Å². The van der Waals surface area contributed by atoms with Gasteiger partial charge in [0.05, 0.1) is 30.7 Å². The summed E-state index contributed by atoms with van der Waals surface area (Å²) in [6.45, 7) is 0. The van der Waals surface area contributed by atoms with Crippen molar-refractivity contribution in [2.24, 2.45) is 5.10 Å². The van der Waals surface area contributed by atoms with Crippen molar-refractivity contribution < 1.29 is 14.3 Å². The molecule has 126 valence electrons. The summed E-state index contributed by atoms with van der Waals surface area (Å²) in [6, 6.07) is 13.3. The first kappa shape index (κ1) is 18.4. The van der Waals surface area contributed by atoms with Crippen molar-refractivity contribution in [3.05, 3.63) is 52.5 Å². The van der Waals surface area contributed by atoms with Gasteiger partial charge in [-0.3, -0.25) is 4.79 Å². The summed E-state index contributed by atoms with van der Waals surface area (Å²) in [5.41, 5.74) is 3.28. The molecular weight excluding hydrogens is 392 g/mol. The molecule has 0 aliphatic carbocycles. The number of benzene rings is 2. The average molecular weight is 409 g/mol. The second-order valence-corrected chi connectivity index (χ2v) is 6.54. The number of hydrazone groups is 1. The molecule has 1 amide bonds. The van der Waals surface area contributed by atoms with Gasteiger partial charge in [-0.05, 0) is 45.8 Å². The van der Waals surface area contributed by atoms with Crippen molar-refractivity contribution in [3.8, 4) is 11.5 Å². The lowest BCUT2D eigenvalue weighted by Gasteiger charge is -2.10. The molecule has 2 aromatic rings. The van der Waals surface area contributed by atoms with Crippen LogP contribution in [0.1, 0.15) is 5.56 Å². The summed E-state index contributed by atoms with van der Waals surface area (Å²) in [5.74, 6) is 1.33. The highest BCUT2D eigenvalue weighted by molar-refractivity contribution is 9.10. The molecule has 0 aliphatic rings. The first-order valence-electron chi connectivity index (χ1n) is 7.05. The number of ether oxygens (including phenoxy) is 2. The molecule has 5 nitrogen and oxygen atoms in total. The number of rotatable bonds is 7. The van der Waals surface area contributed by atoms with Crippen LogP contribution in [0.5, 0.6) is 11.5 Å². The first-order chi connectivity index (χ1) is 11.6. The summed E-state index contributed by atoms with van der Waals surface area (Å²) in [6.07, 6.45) is 1.55. The summed E-state index contributed by atoms with van der Waals surface area (Å²) >= 11 is 4.87. The van der Waals surface area contributed by atoms with Crippen molar-refractivity contribution in [2.45, 2.75) is 4.90 Å². The Bertz CT molecular complexity index is 723. The molecule has 0 saturated heterocycles. The predicted molar refractivity (Wildman–Crippen MR) is 100 cm³/mol. The number of nitrogens with zero attached hydrogens (tertiary/aromatic N) is 1. The third-order valence-electron chi connectivity index (χ3n) is 2.97. The van der Waals surface area contributed by atoms with E-state index in [1.807, 2.05) is 36.4 Å². The van der Waals surface area contributed by atoms with Gasteiger partial charge in [-0.2, -0.15) is 5.10 Å². The fourth-order valence-corrected chi connectivity index (χ4v) is 3.22. The molecule has 0 atom stereocenters. The molecule has 7 heteroatoms. The van der Waals surface area contributed by atoms with Gasteiger partial charge in [0.25, 0.3) is 0 Å². The molecule has 0 aliphatic heterocycles. The quantitative estimate of drug-likeness (QED) is 0.430. The summed E-state index contributed by atoms with van der Waals surface area (Å²) in [4.78, 5) is 12.8. The highest BCUT2D eigenvalue weighted by Gasteiger charge is 2.09. The first-order valence-corrected chi connectivity index (χ1v) is 8.83. The average Bonchev–Trinajstić information content (AvgIpc) is 2.60. The number of nitrogens with one attached hydrogen (secondary N) is 1. The van der Waals surface area contributed by atoms with Gasteiger partial charge in [0.1, 0.15) is 0 Å². The maximum Gasteiger partial charge on any atom is 0.250 e. The number of hydrogen-bond donors (Lipinski definition) is 1. The van der Waals surface area contributed by atoms with Gasteiger partial charge in [0.2, 0.25) is 5.91 Å². The predicted octanol–water partition coefficient (Wildman–Crippen LogP) is 3.71. The van der Waals surface area contributed by atoms with E-state index in [0.29, 0.717) is 17.3 Å². The van der Waals surface area contributed by atoms with E-state index in [1.54, 1.807) is 26.5 Å². The maximum absolute atomic E-state index is 11.8. The highest BCUT2D eigenvalue weighted by Crippen LogP contribution is 2.35. The van der Waals surface area contributed by atoms with Crippen LogP contribution in [-0.2, 0) is 4.79 Å². The van der Waals surface area contributed by atoms with E-state index in [1.165, 1.54) is 11.8 Å². The highest BCUT2D eigenvalue weighted by atomic mass is 79.9. The van der Waals surface area contributed by atoms with Crippen molar-refractivity contribution in [2.75, 3.05) is 20.0 Å². The Kier molecular flexibility index (Phi) is 7.14. The molecule has 0 bridgehead atoms. The number of thioether (sulfide) groups is 1. The van der Waals surface area contributed by atoms with E-state index in [9.17, 15) is 4.79 Å². The zero-order valence-electron chi connectivity index (χ0n) is 13.3. The maximum atomic E-state index is 11.8. The summed E-state index contributed by atoms with van der Waals surface area (Å²) in [5, 5.41) is 3.97. The molecule has 2 aromatic carbocycles. The number of methoxy groups -OCH3 is 2. The standard InChI is InChI=1S/C17H17BrN2O3S/c1-22-15-9-12(8-14(18)17(15)23-2)10-19-20-16(21)11-24-13-6-4-3-5-7-13/h3-10H,11H2,1-2H3,(H,20,21)/b19-10-. The van der Waals surface area contributed by atoms with Crippen LogP contribution in [0.4, 0.5) is 0 Å². The second-order valence-electron chi connectivity index (χ2n) is 4.63. The topological polar surface area (TPSA) is 59.9 Å². The van der Waals surface area contributed by atoms with Crippen molar-refractivity contribution >= 4 is 39.8 Å². The van der Waals surface area contributed by atoms with E-state index >= 15 is 0 Å². The number of amides is 1. The molecule has 0 unspecified atom stereocenters. The van der Waals surface area contributed by atoms with Crippen LogP contribution in [0, 0.1) is 0 Å². The largest absolute Gasteiger partial charge is 0.493 e. The van der Waals surface area contributed by atoms with Gasteiger partial charge in [-0.1, -0.05) is 18.2 Å². The number of carbonyl (C=O) groups is 1. The van der Waals surface area contributed by atoms with E-state index < -0.39 is 0 Å². The zero-order valence-corrected chi connectivity index (χ0v) is 15.7. The fraction of sp³-hybridized carbons (Fsp3) is 0.176. The van der Waals surface area contributed by atoms with E-state index in [2.05, 4.69) is 26.5 Å². The Balaban J connectivity index is 1.91. The van der Waals surface area contributed by atoms with Crippen LogP contribution in [0.3, 0.4) is 0 Å². The summed E-state index contributed by atoms with van der Waals surface area (Å²) in [7, 11) is 3.13. The molecule has 0 heterocycles. The van der Waals surface area contributed by atoms with Crippen LogP contribution in [-0.4, -0.2) is 32.1 Å². The van der Waals surface area contributed by atoms with Gasteiger partial charge in [0, 0.05) is 4.90 Å². The lowest BCUT2D eigenvalue weighted by Crippen LogP contribution is -2.19. The minimum absolute atomic E-state index is 0.167. The fourth-order valence-electron chi connectivity index (χ4n) is 1.89. The molecular formula is C17H17BrN2O3S. The van der Waals surface area contributed by atoms with Gasteiger partial charge < -0.3 is 9.47 Å². The number of hydrogen-bond acceptors (Lipinski definition) is 5. The Hall–Kier alpha value is -1.99. The van der Waals surface area contributed by atoms with Gasteiger partial charge in [0.15, 0.2) is 11.5 Å². The molecule has 0 radical (unpaired) electrons. The monoisotopic (exact) mass is 408 g/mol. The van der Waals surface area contributed by atoms with E-state index in [0.717, 1.165) is 14.9 Å². The van der Waals surface area contributed by atoms with Crippen LogP contribution >= 0.6 is 27.7 Å². The Morgan fingerprint density at radius 1 is 1.25 bits per heavy atom. The molecule has 0 spiro atoms. The zero-order chi connectivity index (χ0) is 17.4. The van der Waals surface area contributed by atoms with Gasteiger partial charge in [-0.25, -0.2) is 5.43 Å². The van der Waals surface area contributed by atoms with Crippen LogP contribution in [0.25, 0.3) is 0 Å². The Morgan fingerprint density at radius 3 is 2.67 bits per heavy atom. The van der Waals surface area contributed by atoms with Crippen LogP contribution < -0.4 is 14.9 Å².